The molecule has 2 N–H and O–H groups in total. The molecule has 118 valence electrons. The second kappa shape index (κ2) is 6.25. The molecule has 4 aromatic rings. The number of benzene rings is 1. The maximum Gasteiger partial charge on any atom is 0.236 e. The minimum atomic E-state index is -0.168. The number of para-hydroxylation sites is 1. The van der Waals surface area contributed by atoms with Crippen LogP contribution in [0.1, 0.15) is 0 Å². The number of anilines is 1. The van der Waals surface area contributed by atoms with E-state index in [9.17, 15) is 4.79 Å². The summed E-state index contributed by atoms with van der Waals surface area (Å²) in [6.45, 7) is 0. The van der Waals surface area contributed by atoms with Crippen LogP contribution in [-0.2, 0) is 4.79 Å². The normalized spacial score (nSPS) is 11.0. The molecule has 0 bridgehead atoms. The number of rotatable bonds is 4. The topological polar surface area (TPSA) is 96.5 Å². The number of thioether (sulfide) groups is 1. The Morgan fingerprint density at radius 3 is 2.88 bits per heavy atom. The first-order valence-electron chi connectivity index (χ1n) is 7.24. The summed E-state index contributed by atoms with van der Waals surface area (Å²) >= 11 is 1.23. The van der Waals surface area contributed by atoms with E-state index in [1.165, 1.54) is 11.8 Å². The molecule has 1 aromatic carbocycles. The Morgan fingerprint density at radius 2 is 2.00 bits per heavy atom. The number of amides is 1. The molecule has 0 radical (unpaired) electrons. The molecule has 0 atom stereocenters. The molecule has 0 unspecified atom stereocenters. The van der Waals surface area contributed by atoms with Crippen molar-refractivity contribution >= 4 is 45.6 Å². The minimum absolute atomic E-state index is 0.168. The zero-order valence-electron chi connectivity index (χ0n) is 12.4. The smallest absolute Gasteiger partial charge is 0.236 e. The van der Waals surface area contributed by atoms with Gasteiger partial charge < -0.3 is 10.3 Å². The highest BCUT2D eigenvalue weighted by Gasteiger charge is 2.10. The lowest BCUT2D eigenvalue weighted by Gasteiger charge is -2.02. The van der Waals surface area contributed by atoms with E-state index in [-0.39, 0.29) is 11.7 Å². The molecule has 3 aromatic heterocycles. The number of nitrogens with one attached hydrogen (secondary N) is 2. The highest BCUT2D eigenvalue weighted by molar-refractivity contribution is 7.99. The van der Waals surface area contributed by atoms with Gasteiger partial charge in [-0.2, -0.15) is 0 Å². The Balaban J connectivity index is 1.48. The van der Waals surface area contributed by atoms with Crippen molar-refractivity contribution in [2.75, 3.05) is 11.1 Å². The molecular formula is C16H12N6OS. The number of aromatic amines is 1. The fourth-order valence-electron chi connectivity index (χ4n) is 2.31. The van der Waals surface area contributed by atoms with Gasteiger partial charge in [0, 0.05) is 17.1 Å². The van der Waals surface area contributed by atoms with Crippen LogP contribution in [0.15, 0.2) is 53.8 Å². The number of carbonyl (C=O) groups excluding carboxylic acids is 1. The molecule has 0 aliphatic carbocycles. The van der Waals surface area contributed by atoms with Gasteiger partial charge in [-0.1, -0.05) is 36.0 Å². The van der Waals surface area contributed by atoms with Crippen molar-refractivity contribution in [2.24, 2.45) is 0 Å². The van der Waals surface area contributed by atoms with Crippen LogP contribution < -0.4 is 5.32 Å². The maximum atomic E-state index is 11.9. The monoisotopic (exact) mass is 336 g/mol. The van der Waals surface area contributed by atoms with Crippen LogP contribution in [-0.4, -0.2) is 36.8 Å². The lowest BCUT2D eigenvalue weighted by Crippen LogP contribution is -2.15. The average Bonchev–Trinajstić information content (AvgIpc) is 2.98. The summed E-state index contributed by atoms with van der Waals surface area (Å²) in [6, 6.07) is 13.2. The van der Waals surface area contributed by atoms with Gasteiger partial charge in [-0.05, 0) is 18.2 Å². The number of carbonyl (C=O) groups is 1. The Bertz CT molecular complexity index is 1020. The summed E-state index contributed by atoms with van der Waals surface area (Å²) in [6.07, 6.45) is 1.62. The van der Waals surface area contributed by atoms with Crippen molar-refractivity contribution in [3.63, 3.8) is 0 Å². The molecule has 0 saturated carbocycles. The van der Waals surface area contributed by atoms with E-state index in [4.69, 9.17) is 0 Å². The summed E-state index contributed by atoms with van der Waals surface area (Å²) in [4.78, 5) is 23.6. The van der Waals surface area contributed by atoms with Crippen molar-refractivity contribution < 1.29 is 4.79 Å². The predicted octanol–water partition coefficient (Wildman–Crippen LogP) is 2.63. The number of hydrogen-bond donors (Lipinski definition) is 2. The van der Waals surface area contributed by atoms with Gasteiger partial charge in [-0.3, -0.25) is 4.79 Å². The molecule has 8 heteroatoms. The van der Waals surface area contributed by atoms with Crippen molar-refractivity contribution in [1.82, 2.24) is 25.1 Å². The zero-order valence-corrected chi connectivity index (χ0v) is 13.2. The van der Waals surface area contributed by atoms with Crippen LogP contribution >= 0.6 is 11.8 Å². The lowest BCUT2D eigenvalue weighted by atomic mass is 10.2. The molecule has 0 aliphatic rings. The first kappa shape index (κ1) is 14.6. The van der Waals surface area contributed by atoms with E-state index in [1.54, 1.807) is 18.3 Å². The molecule has 3 heterocycles. The largest absolute Gasteiger partial charge is 0.338 e. The first-order valence-corrected chi connectivity index (χ1v) is 8.23. The third kappa shape index (κ3) is 2.91. The van der Waals surface area contributed by atoms with Gasteiger partial charge in [0.1, 0.15) is 11.3 Å². The molecular weight excluding hydrogens is 324 g/mol. The molecule has 0 aliphatic heterocycles. The summed E-state index contributed by atoms with van der Waals surface area (Å²) < 4.78 is 0. The Hall–Kier alpha value is -3.00. The Kier molecular flexibility index (Phi) is 3.80. The van der Waals surface area contributed by atoms with Gasteiger partial charge in [0.15, 0.2) is 5.65 Å². The Morgan fingerprint density at radius 1 is 1.12 bits per heavy atom. The van der Waals surface area contributed by atoms with Gasteiger partial charge in [0.25, 0.3) is 0 Å². The number of hydrogen-bond acceptors (Lipinski definition) is 6. The standard InChI is InChI=1S/C16H12N6OS/c23-13(19-12-7-3-4-8-17-12)9-24-16-20-15-14(21-22-16)10-5-1-2-6-11(10)18-15/h1-8H,9H2,(H,17,19,23)(H,18,20,22). The van der Waals surface area contributed by atoms with Crippen molar-refractivity contribution in [3.05, 3.63) is 48.7 Å². The van der Waals surface area contributed by atoms with Crippen molar-refractivity contribution in [2.45, 2.75) is 5.16 Å². The third-order valence-corrected chi connectivity index (χ3v) is 4.20. The highest BCUT2D eigenvalue weighted by atomic mass is 32.2. The summed E-state index contributed by atoms with van der Waals surface area (Å²) in [5.41, 5.74) is 2.36. The van der Waals surface area contributed by atoms with Crippen LogP contribution in [0.4, 0.5) is 5.82 Å². The van der Waals surface area contributed by atoms with Crippen molar-refractivity contribution in [3.8, 4) is 0 Å². The van der Waals surface area contributed by atoms with E-state index in [2.05, 4.69) is 30.5 Å². The predicted molar refractivity (Wildman–Crippen MR) is 92.8 cm³/mol. The van der Waals surface area contributed by atoms with Crippen LogP contribution in [0.3, 0.4) is 0 Å². The molecule has 24 heavy (non-hydrogen) atoms. The number of H-pyrrole nitrogens is 1. The molecule has 0 fully saturated rings. The van der Waals surface area contributed by atoms with E-state index in [1.807, 2.05) is 30.3 Å². The van der Waals surface area contributed by atoms with Gasteiger partial charge >= 0.3 is 0 Å². The maximum absolute atomic E-state index is 11.9. The average molecular weight is 336 g/mol. The van der Waals surface area contributed by atoms with Crippen LogP contribution in [0.5, 0.6) is 0 Å². The SMILES string of the molecule is O=C(CSc1nnc2c(n1)[nH]c1ccccc12)Nc1ccccn1. The molecule has 0 spiro atoms. The van der Waals surface area contributed by atoms with Gasteiger partial charge in [-0.25, -0.2) is 9.97 Å². The van der Waals surface area contributed by atoms with E-state index >= 15 is 0 Å². The second-order valence-electron chi connectivity index (χ2n) is 5.01. The molecule has 4 rings (SSSR count). The molecule has 1 amide bonds. The van der Waals surface area contributed by atoms with E-state index in [0.717, 1.165) is 16.4 Å². The summed E-state index contributed by atoms with van der Waals surface area (Å²) in [5.74, 6) is 0.538. The van der Waals surface area contributed by atoms with Gasteiger partial charge in [0.2, 0.25) is 11.1 Å². The lowest BCUT2D eigenvalue weighted by molar-refractivity contribution is -0.113. The Labute approximate surface area is 140 Å². The number of pyridine rings is 1. The van der Waals surface area contributed by atoms with Crippen LogP contribution in [0.25, 0.3) is 22.1 Å². The fourth-order valence-corrected chi connectivity index (χ4v) is 2.90. The summed E-state index contributed by atoms with van der Waals surface area (Å²) in [7, 11) is 0. The second-order valence-corrected chi connectivity index (χ2v) is 5.96. The first-order chi connectivity index (χ1) is 11.8. The van der Waals surface area contributed by atoms with E-state index in [0.29, 0.717) is 16.6 Å². The molecule has 7 nitrogen and oxygen atoms in total. The van der Waals surface area contributed by atoms with Crippen LogP contribution in [0.2, 0.25) is 0 Å². The third-order valence-electron chi connectivity index (χ3n) is 3.37. The number of aromatic nitrogens is 5. The number of fused-ring (bicyclic) bond motifs is 3. The summed E-state index contributed by atoms with van der Waals surface area (Å²) in [5, 5.41) is 12.5. The van der Waals surface area contributed by atoms with E-state index < -0.39 is 0 Å². The molecule has 0 saturated heterocycles. The fraction of sp³-hybridized carbons (Fsp3) is 0.0625. The van der Waals surface area contributed by atoms with Crippen LogP contribution in [0, 0.1) is 0 Å². The zero-order chi connectivity index (χ0) is 16.4. The minimum Gasteiger partial charge on any atom is -0.338 e. The van der Waals surface area contributed by atoms with Gasteiger partial charge in [-0.15, -0.1) is 10.2 Å². The van der Waals surface area contributed by atoms with Crippen molar-refractivity contribution in [1.29, 1.82) is 0 Å². The van der Waals surface area contributed by atoms with Gasteiger partial charge in [0.05, 0.1) is 5.75 Å². The highest BCUT2D eigenvalue weighted by Crippen LogP contribution is 2.23. The number of nitrogens with zero attached hydrogens (tertiary/aromatic N) is 4. The quantitative estimate of drug-likeness (QED) is 0.556.